The summed E-state index contributed by atoms with van der Waals surface area (Å²) in [4.78, 5) is 0. The van der Waals surface area contributed by atoms with Crippen molar-refractivity contribution in [3.05, 3.63) is 218 Å². The van der Waals surface area contributed by atoms with Crippen molar-refractivity contribution in [3.8, 4) is 45.0 Å². The first-order chi connectivity index (χ1) is 28.8. The normalized spacial score (nSPS) is 21.4. The molecule has 276 valence electrons. The predicted octanol–water partition coefficient (Wildman–Crippen LogP) is 13.3. The highest BCUT2D eigenvalue weighted by atomic mass is 15.2. The zero-order valence-corrected chi connectivity index (χ0v) is 31.9. The summed E-state index contributed by atoms with van der Waals surface area (Å²) in [5, 5.41) is 5.12. The second-order valence-electron chi connectivity index (χ2n) is 16.5. The molecule has 1 fully saturated rings. The van der Waals surface area contributed by atoms with Crippen LogP contribution in [0.5, 0.6) is 0 Å². The molecule has 3 aliphatic rings. The molecule has 13 rings (SSSR count). The molecule has 0 spiro atoms. The molecule has 4 heteroatoms. The van der Waals surface area contributed by atoms with E-state index in [0.29, 0.717) is 0 Å². The second kappa shape index (κ2) is 12.2. The van der Waals surface area contributed by atoms with Crippen LogP contribution in [0.25, 0.3) is 66.6 Å². The fourth-order valence-corrected chi connectivity index (χ4v) is 11.6. The third-order valence-corrected chi connectivity index (χ3v) is 13.9. The third-order valence-electron chi connectivity index (χ3n) is 13.9. The lowest BCUT2D eigenvalue weighted by atomic mass is 9.62. The van der Waals surface area contributed by atoms with E-state index in [2.05, 4.69) is 225 Å². The Bertz CT molecular complexity index is 2850. The highest BCUT2D eigenvalue weighted by Gasteiger charge is 2.57. The molecule has 0 amide bonds. The molecule has 58 heavy (non-hydrogen) atoms. The summed E-state index contributed by atoms with van der Waals surface area (Å²) in [5.74, 6) is 0.345. The molecule has 6 aromatic carbocycles. The van der Waals surface area contributed by atoms with Gasteiger partial charge in [0.15, 0.2) is 0 Å². The molecule has 0 bridgehead atoms. The molecule has 6 heterocycles. The second-order valence-corrected chi connectivity index (χ2v) is 16.5. The zero-order chi connectivity index (χ0) is 37.9. The predicted molar refractivity (Wildman–Crippen MR) is 236 cm³/mol. The van der Waals surface area contributed by atoms with E-state index in [1.54, 1.807) is 0 Å². The highest BCUT2D eigenvalue weighted by Crippen LogP contribution is 2.66. The maximum atomic E-state index is 2.63. The smallest absolute Gasteiger partial charge is 0.0651 e. The molecular formula is C54H40N4. The fourth-order valence-electron chi connectivity index (χ4n) is 11.6. The van der Waals surface area contributed by atoms with Gasteiger partial charge in [0.2, 0.25) is 0 Å². The van der Waals surface area contributed by atoms with Gasteiger partial charge >= 0.3 is 0 Å². The van der Waals surface area contributed by atoms with Gasteiger partial charge in [-0.05, 0) is 103 Å². The minimum absolute atomic E-state index is 0.157. The first-order valence-electron chi connectivity index (χ1n) is 20.6. The van der Waals surface area contributed by atoms with Crippen LogP contribution < -0.4 is 0 Å². The standard InChI is InChI=1S/C54H40N4/c1-3-15-41-35(11-1)13-5-17-43(41)37-23-27-39(28-24-37)49-51-53(57-33-9-21-47(57)45-19-7-31-55(45)51)50(54-52(49)56-32-8-20-46(56)48-22-10-34-58(48)54)40-29-25-38(26-30-40)44-18-6-14-36-12-2-4-16-42(36)44/h1-34,49-54H. The van der Waals surface area contributed by atoms with Crippen molar-refractivity contribution in [2.75, 3.05) is 0 Å². The van der Waals surface area contributed by atoms with Gasteiger partial charge in [-0.2, -0.15) is 0 Å². The van der Waals surface area contributed by atoms with Crippen LogP contribution in [0.1, 0.15) is 47.1 Å². The summed E-state index contributed by atoms with van der Waals surface area (Å²) in [6.07, 6.45) is 9.40. The van der Waals surface area contributed by atoms with Crippen LogP contribution in [0.4, 0.5) is 0 Å². The summed E-state index contributed by atoms with van der Waals surface area (Å²) in [7, 11) is 0. The molecule has 4 nitrogen and oxygen atoms in total. The van der Waals surface area contributed by atoms with Gasteiger partial charge in [-0.25, -0.2) is 0 Å². The van der Waals surface area contributed by atoms with Crippen molar-refractivity contribution in [1.82, 2.24) is 18.3 Å². The average Bonchev–Trinajstić information content (AvgIpc) is 4.13. The maximum absolute atomic E-state index is 2.63. The van der Waals surface area contributed by atoms with Gasteiger partial charge in [-0.15, -0.1) is 0 Å². The van der Waals surface area contributed by atoms with Gasteiger partial charge in [0.05, 0.1) is 46.9 Å². The van der Waals surface area contributed by atoms with Gasteiger partial charge in [-0.1, -0.05) is 133 Å². The number of hydrogen-bond donors (Lipinski definition) is 0. The van der Waals surface area contributed by atoms with E-state index in [9.17, 15) is 0 Å². The van der Waals surface area contributed by atoms with Gasteiger partial charge in [-0.3, -0.25) is 0 Å². The lowest BCUT2D eigenvalue weighted by Crippen LogP contribution is -2.50. The lowest BCUT2D eigenvalue weighted by molar-refractivity contribution is 0.0688. The first-order valence-corrected chi connectivity index (χ1v) is 20.6. The van der Waals surface area contributed by atoms with Crippen LogP contribution in [0.3, 0.4) is 0 Å². The van der Waals surface area contributed by atoms with Crippen molar-refractivity contribution < 1.29 is 0 Å². The number of nitrogens with zero attached hydrogens (tertiary/aromatic N) is 4. The number of rotatable bonds is 4. The van der Waals surface area contributed by atoms with Crippen molar-refractivity contribution in [2.24, 2.45) is 0 Å². The molecular weight excluding hydrogens is 705 g/mol. The molecule has 4 aromatic heterocycles. The van der Waals surface area contributed by atoms with E-state index in [-0.39, 0.29) is 36.0 Å². The minimum Gasteiger partial charge on any atom is -0.340 e. The number of benzene rings is 6. The van der Waals surface area contributed by atoms with E-state index in [1.807, 2.05) is 0 Å². The van der Waals surface area contributed by atoms with Crippen LogP contribution >= 0.6 is 0 Å². The molecule has 0 N–H and O–H groups in total. The van der Waals surface area contributed by atoms with Crippen molar-refractivity contribution in [3.63, 3.8) is 0 Å². The Labute approximate surface area is 337 Å². The quantitative estimate of drug-likeness (QED) is 0.171. The van der Waals surface area contributed by atoms with Crippen LogP contribution in [0.2, 0.25) is 0 Å². The first kappa shape index (κ1) is 32.1. The number of hydrogen-bond acceptors (Lipinski definition) is 0. The van der Waals surface area contributed by atoms with Crippen LogP contribution in [0, 0.1) is 0 Å². The van der Waals surface area contributed by atoms with E-state index >= 15 is 0 Å². The Morgan fingerprint density at radius 2 is 0.603 bits per heavy atom. The Balaban J connectivity index is 1.02. The van der Waals surface area contributed by atoms with Crippen LogP contribution in [0.15, 0.2) is 207 Å². The van der Waals surface area contributed by atoms with Crippen molar-refractivity contribution >= 4 is 21.5 Å². The van der Waals surface area contributed by atoms with E-state index in [0.717, 1.165) is 0 Å². The average molecular weight is 745 g/mol. The molecule has 10 aromatic rings. The highest BCUT2D eigenvalue weighted by molar-refractivity contribution is 5.97. The topological polar surface area (TPSA) is 19.7 Å². The largest absolute Gasteiger partial charge is 0.340 e. The maximum Gasteiger partial charge on any atom is 0.0651 e. The van der Waals surface area contributed by atoms with Gasteiger partial charge in [0.1, 0.15) is 0 Å². The van der Waals surface area contributed by atoms with E-state index < -0.39 is 0 Å². The van der Waals surface area contributed by atoms with Gasteiger partial charge in [0.25, 0.3) is 0 Å². The van der Waals surface area contributed by atoms with Crippen molar-refractivity contribution in [1.29, 1.82) is 0 Å². The zero-order valence-electron chi connectivity index (χ0n) is 31.9. The Morgan fingerprint density at radius 3 is 0.966 bits per heavy atom. The lowest BCUT2D eigenvalue weighted by Gasteiger charge is -2.57. The Hall–Kier alpha value is -7.04. The van der Waals surface area contributed by atoms with E-state index in [1.165, 1.54) is 77.7 Å². The summed E-state index contributed by atoms with van der Waals surface area (Å²) in [6.45, 7) is 0. The van der Waals surface area contributed by atoms with Crippen LogP contribution in [-0.4, -0.2) is 18.3 Å². The molecule has 1 saturated carbocycles. The summed E-state index contributed by atoms with van der Waals surface area (Å²) in [5.41, 5.74) is 13.0. The fraction of sp³-hybridized carbons (Fsp3) is 0.111. The molecule has 1 aliphatic carbocycles. The summed E-state index contributed by atoms with van der Waals surface area (Å²) in [6, 6.07) is 69.0. The number of aromatic nitrogens is 4. The van der Waals surface area contributed by atoms with Crippen LogP contribution in [-0.2, 0) is 0 Å². The Kier molecular flexibility index (Phi) is 6.77. The SMILES string of the molecule is c1ccc2c(-c3ccc(C4C5C(C(c6ccc(-c7cccc8ccccc78)cc6)C6C4n4cccc4-c4cccn46)n4cccc4-c4cccn45)cc3)cccc2c1. The van der Waals surface area contributed by atoms with E-state index in [4.69, 9.17) is 0 Å². The molecule has 0 saturated heterocycles. The third kappa shape index (κ3) is 4.46. The van der Waals surface area contributed by atoms with Crippen molar-refractivity contribution in [2.45, 2.75) is 36.0 Å². The summed E-state index contributed by atoms with van der Waals surface area (Å²) < 4.78 is 10.5. The molecule has 2 aliphatic heterocycles. The molecule has 4 atom stereocenters. The minimum atomic E-state index is 0.157. The molecule has 0 radical (unpaired) electrons. The molecule has 4 unspecified atom stereocenters. The monoisotopic (exact) mass is 744 g/mol. The van der Waals surface area contributed by atoms with Gasteiger partial charge < -0.3 is 18.3 Å². The van der Waals surface area contributed by atoms with Gasteiger partial charge in [0, 0.05) is 36.6 Å². The summed E-state index contributed by atoms with van der Waals surface area (Å²) >= 11 is 0. The number of fused-ring (bicyclic) bond motifs is 14. The Morgan fingerprint density at radius 1 is 0.276 bits per heavy atom.